The van der Waals surface area contributed by atoms with E-state index in [4.69, 9.17) is 14.7 Å². The summed E-state index contributed by atoms with van der Waals surface area (Å²) >= 11 is 0. The Morgan fingerprint density at radius 2 is 2.04 bits per heavy atom. The highest BCUT2D eigenvalue weighted by atomic mass is 16.5. The first-order chi connectivity index (χ1) is 12.3. The number of nitriles is 1. The summed E-state index contributed by atoms with van der Waals surface area (Å²) in [6.45, 7) is 5.76. The second kappa shape index (κ2) is 9.02. The van der Waals surface area contributed by atoms with Crippen LogP contribution in [0.4, 0.5) is 5.69 Å². The third kappa shape index (κ3) is 5.18. The van der Waals surface area contributed by atoms with Crippen molar-refractivity contribution in [2.45, 2.75) is 6.54 Å². The molecule has 25 heavy (non-hydrogen) atoms. The lowest BCUT2D eigenvalue weighted by molar-refractivity contribution is 0.0322. The normalized spacial score (nSPS) is 14.7. The Morgan fingerprint density at radius 3 is 2.80 bits per heavy atom. The molecule has 130 valence electrons. The Bertz CT molecular complexity index is 706. The summed E-state index contributed by atoms with van der Waals surface area (Å²) in [7, 11) is 0. The first-order valence-electron chi connectivity index (χ1n) is 8.46. The smallest absolute Gasteiger partial charge is 0.140 e. The van der Waals surface area contributed by atoms with Gasteiger partial charge >= 0.3 is 0 Å². The van der Waals surface area contributed by atoms with Gasteiger partial charge in [0.2, 0.25) is 0 Å². The van der Waals surface area contributed by atoms with Crippen LogP contribution in [0.5, 0.6) is 5.75 Å². The van der Waals surface area contributed by atoms with Crippen LogP contribution >= 0.6 is 0 Å². The average Bonchev–Trinajstić information content (AvgIpc) is 2.68. The first-order valence-corrected chi connectivity index (χ1v) is 8.46. The molecule has 1 aromatic heterocycles. The number of nitrogens with zero attached hydrogens (tertiary/aromatic N) is 3. The number of rotatable bonds is 7. The zero-order valence-electron chi connectivity index (χ0n) is 14.1. The van der Waals surface area contributed by atoms with E-state index in [1.165, 1.54) is 0 Å². The minimum Gasteiger partial charge on any atom is -0.492 e. The number of morpholine rings is 1. The van der Waals surface area contributed by atoms with Crippen LogP contribution < -0.4 is 10.1 Å². The van der Waals surface area contributed by atoms with Crippen molar-refractivity contribution in [3.63, 3.8) is 0 Å². The predicted molar refractivity (Wildman–Crippen MR) is 95.5 cm³/mol. The van der Waals surface area contributed by atoms with Crippen molar-refractivity contribution in [3.05, 3.63) is 53.9 Å². The van der Waals surface area contributed by atoms with Crippen LogP contribution in [0, 0.1) is 11.3 Å². The second-order valence-electron chi connectivity index (χ2n) is 5.81. The van der Waals surface area contributed by atoms with Gasteiger partial charge in [0.1, 0.15) is 24.1 Å². The maximum atomic E-state index is 8.79. The summed E-state index contributed by atoms with van der Waals surface area (Å²) in [4.78, 5) is 6.42. The van der Waals surface area contributed by atoms with Crippen LogP contribution in [-0.4, -0.2) is 49.3 Å². The lowest BCUT2D eigenvalue weighted by Crippen LogP contribution is -2.38. The van der Waals surface area contributed by atoms with Gasteiger partial charge in [0.15, 0.2) is 0 Å². The average molecular weight is 338 g/mol. The minimum atomic E-state index is 0.414. The third-order valence-electron chi connectivity index (χ3n) is 4.10. The molecular formula is C19H22N4O2. The summed E-state index contributed by atoms with van der Waals surface area (Å²) in [6, 6.07) is 13.6. The monoisotopic (exact) mass is 338 g/mol. The van der Waals surface area contributed by atoms with E-state index in [0.717, 1.165) is 49.8 Å². The van der Waals surface area contributed by atoms with E-state index < -0.39 is 0 Å². The molecule has 1 fully saturated rings. The van der Waals surface area contributed by atoms with Crippen LogP contribution in [0.3, 0.4) is 0 Å². The molecular weight excluding hydrogens is 316 g/mol. The van der Waals surface area contributed by atoms with Crippen molar-refractivity contribution >= 4 is 5.69 Å². The number of hydrogen-bond acceptors (Lipinski definition) is 6. The highest BCUT2D eigenvalue weighted by Gasteiger charge is 2.10. The fourth-order valence-electron chi connectivity index (χ4n) is 2.66. The van der Waals surface area contributed by atoms with E-state index in [1.807, 2.05) is 36.4 Å². The molecule has 2 aromatic rings. The molecule has 0 radical (unpaired) electrons. The maximum Gasteiger partial charge on any atom is 0.140 e. The van der Waals surface area contributed by atoms with Crippen LogP contribution in [0.25, 0.3) is 0 Å². The van der Waals surface area contributed by atoms with Gasteiger partial charge in [-0.1, -0.05) is 18.2 Å². The van der Waals surface area contributed by atoms with Crippen LogP contribution in [0.15, 0.2) is 42.6 Å². The van der Waals surface area contributed by atoms with E-state index in [-0.39, 0.29) is 0 Å². The fourth-order valence-corrected chi connectivity index (χ4v) is 2.66. The van der Waals surface area contributed by atoms with Gasteiger partial charge in [0.25, 0.3) is 0 Å². The van der Waals surface area contributed by atoms with Gasteiger partial charge < -0.3 is 14.8 Å². The van der Waals surface area contributed by atoms with E-state index in [2.05, 4.69) is 15.2 Å². The number of benzene rings is 1. The highest BCUT2D eigenvalue weighted by molar-refractivity contribution is 5.45. The lowest BCUT2D eigenvalue weighted by atomic mass is 10.2. The van der Waals surface area contributed by atoms with Gasteiger partial charge in [-0.2, -0.15) is 5.26 Å². The number of nitrogens with one attached hydrogen (secondary N) is 1. The molecule has 2 heterocycles. The molecule has 0 aliphatic carbocycles. The van der Waals surface area contributed by atoms with Crippen molar-refractivity contribution < 1.29 is 9.47 Å². The number of aromatic nitrogens is 1. The third-order valence-corrected chi connectivity index (χ3v) is 4.10. The van der Waals surface area contributed by atoms with Crippen molar-refractivity contribution in [3.8, 4) is 11.8 Å². The Morgan fingerprint density at radius 1 is 1.20 bits per heavy atom. The fraction of sp³-hybridized carbons (Fsp3) is 0.368. The Kier molecular flexibility index (Phi) is 6.21. The van der Waals surface area contributed by atoms with E-state index in [9.17, 15) is 0 Å². The van der Waals surface area contributed by atoms with Crippen molar-refractivity contribution in [2.75, 3.05) is 44.8 Å². The maximum absolute atomic E-state index is 8.79. The molecule has 0 saturated carbocycles. The molecule has 1 saturated heterocycles. The molecule has 0 unspecified atom stereocenters. The van der Waals surface area contributed by atoms with Gasteiger partial charge in [-0.3, -0.25) is 4.90 Å². The van der Waals surface area contributed by atoms with E-state index in [0.29, 0.717) is 18.8 Å². The molecule has 0 amide bonds. The molecule has 0 spiro atoms. The van der Waals surface area contributed by atoms with Crippen molar-refractivity contribution in [1.29, 1.82) is 5.26 Å². The predicted octanol–water partition coefficient (Wildman–Crippen LogP) is 2.28. The Balaban J connectivity index is 1.52. The Hall–Kier alpha value is -2.62. The van der Waals surface area contributed by atoms with Crippen LogP contribution in [0.1, 0.15) is 11.3 Å². The first kappa shape index (κ1) is 17.2. The van der Waals surface area contributed by atoms with Gasteiger partial charge in [0.05, 0.1) is 25.1 Å². The minimum absolute atomic E-state index is 0.414. The Labute approximate surface area is 148 Å². The molecule has 1 aliphatic heterocycles. The van der Waals surface area contributed by atoms with Crippen molar-refractivity contribution in [1.82, 2.24) is 9.88 Å². The zero-order valence-corrected chi connectivity index (χ0v) is 14.1. The quantitative estimate of drug-likeness (QED) is 0.835. The summed E-state index contributed by atoms with van der Waals surface area (Å²) in [5.74, 6) is 0.893. The molecule has 0 atom stereocenters. The number of pyridine rings is 1. The van der Waals surface area contributed by atoms with Crippen LogP contribution in [-0.2, 0) is 11.3 Å². The molecule has 6 nitrogen and oxygen atoms in total. The van der Waals surface area contributed by atoms with Crippen LogP contribution in [0.2, 0.25) is 0 Å². The van der Waals surface area contributed by atoms with Gasteiger partial charge in [-0.05, 0) is 18.2 Å². The van der Waals surface area contributed by atoms with E-state index >= 15 is 0 Å². The van der Waals surface area contributed by atoms with Gasteiger partial charge in [-0.15, -0.1) is 0 Å². The number of hydrogen-bond donors (Lipinski definition) is 1. The highest BCUT2D eigenvalue weighted by Crippen LogP contribution is 2.19. The van der Waals surface area contributed by atoms with E-state index in [1.54, 1.807) is 12.3 Å². The molecule has 0 bridgehead atoms. The molecule has 1 aromatic carbocycles. The topological polar surface area (TPSA) is 70.4 Å². The molecule has 1 aliphatic rings. The van der Waals surface area contributed by atoms with Gasteiger partial charge in [0, 0.05) is 31.7 Å². The molecule has 1 N–H and O–H groups in total. The summed E-state index contributed by atoms with van der Waals surface area (Å²) in [5.41, 5.74) is 2.38. The summed E-state index contributed by atoms with van der Waals surface area (Å²) in [6.07, 6.45) is 1.67. The largest absolute Gasteiger partial charge is 0.492 e. The number of anilines is 1. The summed E-state index contributed by atoms with van der Waals surface area (Å²) in [5, 5.41) is 12.1. The van der Waals surface area contributed by atoms with Crippen molar-refractivity contribution in [2.24, 2.45) is 0 Å². The summed E-state index contributed by atoms with van der Waals surface area (Å²) < 4.78 is 11.3. The van der Waals surface area contributed by atoms with Gasteiger partial charge in [-0.25, -0.2) is 4.98 Å². The number of para-hydroxylation sites is 1. The zero-order chi connectivity index (χ0) is 17.3. The molecule has 3 rings (SSSR count). The molecule has 6 heteroatoms. The standard InChI is InChI=1S/C19H22N4O2/c20-13-17-5-6-18(15-22-17)21-14-16-3-1-2-4-19(16)25-12-9-23-7-10-24-11-8-23/h1-6,15,21H,7-12,14H2. The number of ether oxygens (including phenoxy) is 2. The SMILES string of the molecule is N#Cc1ccc(NCc2ccccc2OCCN2CCOCC2)cn1. The lowest BCUT2D eigenvalue weighted by Gasteiger charge is -2.26. The second-order valence-corrected chi connectivity index (χ2v) is 5.81.